The van der Waals surface area contributed by atoms with Crippen LogP contribution in [-0.4, -0.2) is 60.2 Å². The summed E-state index contributed by atoms with van der Waals surface area (Å²) in [4.78, 5) is 33.0. The number of aromatic nitrogens is 1. The van der Waals surface area contributed by atoms with E-state index in [0.717, 1.165) is 5.56 Å². The van der Waals surface area contributed by atoms with Gasteiger partial charge in [-0.05, 0) is 52.9 Å². The zero-order chi connectivity index (χ0) is 26.5. The van der Waals surface area contributed by atoms with Crippen molar-refractivity contribution in [3.8, 4) is 11.5 Å². The molecular formula is C28H30FN3O5. The molecule has 0 saturated heterocycles. The summed E-state index contributed by atoms with van der Waals surface area (Å²) in [5, 5.41) is 12.7. The molecule has 0 saturated carbocycles. The maximum Gasteiger partial charge on any atom is 0.256 e. The highest BCUT2D eigenvalue weighted by Crippen LogP contribution is 2.38. The number of hydrogen-bond donors (Lipinski definition) is 2. The van der Waals surface area contributed by atoms with Gasteiger partial charge in [-0.25, -0.2) is 4.39 Å². The molecular weight excluding hydrogens is 477 g/mol. The lowest BCUT2D eigenvalue weighted by molar-refractivity contribution is -0.126. The molecule has 0 bridgehead atoms. The maximum atomic E-state index is 13.8. The number of aliphatic hydroxyl groups is 1. The van der Waals surface area contributed by atoms with Crippen LogP contribution >= 0.6 is 0 Å². The molecule has 2 amide bonds. The molecule has 0 spiro atoms. The summed E-state index contributed by atoms with van der Waals surface area (Å²) < 4.78 is 24.4. The van der Waals surface area contributed by atoms with Crippen molar-refractivity contribution in [2.45, 2.75) is 25.4 Å². The molecule has 1 aromatic heterocycles. The largest absolute Gasteiger partial charge is 0.497 e. The first kappa shape index (κ1) is 26.1. The first-order valence-corrected chi connectivity index (χ1v) is 12.0. The number of methoxy groups -OCH3 is 2. The van der Waals surface area contributed by atoms with Crippen molar-refractivity contribution in [2.75, 3.05) is 27.4 Å². The molecule has 194 valence electrons. The highest BCUT2D eigenvalue weighted by atomic mass is 19.1. The van der Waals surface area contributed by atoms with Crippen molar-refractivity contribution >= 4 is 11.8 Å². The number of halogens is 1. The molecule has 2 aromatic carbocycles. The van der Waals surface area contributed by atoms with E-state index in [9.17, 15) is 19.1 Å². The number of nitrogens with one attached hydrogen (secondary N) is 1. The summed E-state index contributed by atoms with van der Waals surface area (Å²) in [6, 6.07) is 12.0. The fraction of sp³-hybridized carbons (Fsp3) is 0.321. The van der Waals surface area contributed by atoms with Gasteiger partial charge in [-0.2, -0.15) is 0 Å². The van der Waals surface area contributed by atoms with E-state index >= 15 is 0 Å². The number of aliphatic hydroxyl groups excluding tert-OH is 1. The van der Waals surface area contributed by atoms with E-state index in [-0.39, 0.29) is 37.4 Å². The third-order valence-electron chi connectivity index (χ3n) is 6.53. The Labute approximate surface area is 215 Å². The molecule has 8 nitrogen and oxygen atoms in total. The van der Waals surface area contributed by atoms with Crippen molar-refractivity contribution < 1.29 is 28.6 Å². The number of ether oxygens (including phenoxy) is 2. The number of carbonyl (C=O) groups excluding carboxylic acids is 2. The average molecular weight is 508 g/mol. The van der Waals surface area contributed by atoms with E-state index in [1.165, 1.54) is 23.2 Å². The minimum absolute atomic E-state index is 0.150. The second-order valence-electron chi connectivity index (χ2n) is 9.12. The van der Waals surface area contributed by atoms with Crippen LogP contribution in [0.5, 0.6) is 11.5 Å². The second-order valence-corrected chi connectivity index (χ2v) is 9.12. The number of rotatable bonds is 9. The number of nitrogens with zero attached hydrogens (tertiary/aromatic N) is 2. The Balaban J connectivity index is 1.74. The van der Waals surface area contributed by atoms with Gasteiger partial charge >= 0.3 is 0 Å². The van der Waals surface area contributed by atoms with Crippen molar-refractivity contribution in [1.82, 2.24) is 15.2 Å². The van der Waals surface area contributed by atoms with E-state index in [4.69, 9.17) is 9.47 Å². The Kier molecular flexibility index (Phi) is 8.03. The summed E-state index contributed by atoms with van der Waals surface area (Å²) in [5.41, 5.74) is 2.46. The van der Waals surface area contributed by atoms with Gasteiger partial charge in [0.05, 0.1) is 19.8 Å². The summed E-state index contributed by atoms with van der Waals surface area (Å²) in [7, 11) is 3.09. The molecule has 2 unspecified atom stereocenters. The lowest BCUT2D eigenvalue weighted by Gasteiger charge is -2.42. The van der Waals surface area contributed by atoms with Gasteiger partial charge in [0.25, 0.3) is 5.91 Å². The van der Waals surface area contributed by atoms with E-state index in [1.807, 2.05) is 0 Å². The van der Waals surface area contributed by atoms with E-state index in [1.54, 1.807) is 63.7 Å². The number of pyridine rings is 1. The molecule has 1 aliphatic heterocycles. The van der Waals surface area contributed by atoms with Crippen molar-refractivity contribution in [2.24, 2.45) is 5.92 Å². The Morgan fingerprint density at radius 1 is 1.14 bits per heavy atom. The minimum atomic E-state index is -0.936. The van der Waals surface area contributed by atoms with Gasteiger partial charge in [0, 0.05) is 44.1 Å². The normalized spacial score (nSPS) is 17.6. The topological polar surface area (TPSA) is 101 Å². The van der Waals surface area contributed by atoms with Gasteiger partial charge < -0.3 is 24.8 Å². The number of carbonyl (C=O) groups is 2. The Hall–Kier alpha value is -3.98. The van der Waals surface area contributed by atoms with Crippen molar-refractivity contribution in [3.63, 3.8) is 0 Å². The van der Waals surface area contributed by atoms with E-state index < -0.39 is 17.8 Å². The highest BCUT2D eigenvalue weighted by Gasteiger charge is 2.44. The van der Waals surface area contributed by atoms with Gasteiger partial charge in [0.15, 0.2) is 0 Å². The quantitative estimate of drug-likeness (QED) is 0.462. The van der Waals surface area contributed by atoms with Crippen LogP contribution in [0.3, 0.4) is 0 Å². The Bertz CT molecular complexity index is 1240. The summed E-state index contributed by atoms with van der Waals surface area (Å²) >= 11 is 0. The SMILES string of the molecule is COc1cc(CNC(=O)[C@H]2C(c3ccc(F)cc3)c3ccncc3C(=O)N2CC(C)CO)cc(OC)c1. The Morgan fingerprint density at radius 2 is 1.81 bits per heavy atom. The third-order valence-corrected chi connectivity index (χ3v) is 6.53. The molecule has 3 aromatic rings. The van der Waals surface area contributed by atoms with Crippen LogP contribution in [0.4, 0.5) is 4.39 Å². The second kappa shape index (κ2) is 11.4. The predicted octanol–water partition coefficient (Wildman–Crippen LogP) is 3.14. The number of hydrogen-bond acceptors (Lipinski definition) is 6. The van der Waals surface area contributed by atoms with Crippen LogP contribution in [0.25, 0.3) is 0 Å². The predicted molar refractivity (Wildman–Crippen MR) is 135 cm³/mol. The zero-order valence-electron chi connectivity index (χ0n) is 21.0. The van der Waals surface area contributed by atoms with Crippen LogP contribution in [0, 0.1) is 11.7 Å². The first-order chi connectivity index (χ1) is 17.9. The molecule has 2 N–H and O–H groups in total. The summed E-state index contributed by atoms with van der Waals surface area (Å²) in [6.45, 7) is 1.98. The van der Waals surface area contributed by atoms with Gasteiger partial charge in [-0.1, -0.05) is 19.1 Å². The lowest BCUT2D eigenvalue weighted by atomic mass is 9.78. The van der Waals surface area contributed by atoms with Crippen LogP contribution in [-0.2, 0) is 11.3 Å². The average Bonchev–Trinajstić information content (AvgIpc) is 2.93. The number of fused-ring (bicyclic) bond motifs is 1. The maximum absolute atomic E-state index is 13.8. The van der Waals surface area contributed by atoms with Crippen LogP contribution in [0.1, 0.15) is 39.9 Å². The first-order valence-electron chi connectivity index (χ1n) is 12.0. The molecule has 2 heterocycles. The summed E-state index contributed by atoms with van der Waals surface area (Å²) in [5.74, 6) is -0.789. The monoisotopic (exact) mass is 507 g/mol. The Morgan fingerprint density at radius 3 is 2.43 bits per heavy atom. The highest BCUT2D eigenvalue weighted by molar-refractivity contribution is 6.01. The van der Waals surface area contributed by atoms with Crippen molar-refractivity contribution in [1.29, 1.82) is 0 Å². The van der Waals surface area contributed by atoms with Crippen LogP contribution in [0.2, 0.25) is 0 Å². The molecule has 1 aliphatic rings. The molecule has 0 fully saturated rings. The fourth-order valence-corrected chi connectivity index (χ4v) is 4.66. The van der Waals surface area contributed by atoms with Crippen molar-refractivity contribution in [3.05, 3.63) is 89.0 Å². The standard InChI is InChI=1S/C28H30FN3O5/c1-17(16-33)15-32-26(27(34)31-13-18-10-21(36-2)12-22(11-18)37-3)25(19-4-6-20(29)7-5-19)23-8-9-30-14-24(23)28(32)35/h4-12,14,17,25-26,33H,13,15-16H2,1-3H3,(H,31,34)/t17?,25?,26-/m1/s1. The van der Waals surface area contributed by atoms with Crippen LogP contribution in [0.15, 0.2) is 60.9 Å². The van der Waals surface area contributed by atoms with E-state index in [0.29, 0.717) is 28.2 Å². The molecule has 9 heteroatoms. The van der Waals surface area contributed by atoms with Gasteiger partial charge in [-0.15, -0.1) is 0 Å². The van der Waals surface area contributed by atoms with Gasteiger partial charge in [0.2, 0.25) is 5.91 Å². The third kappa shape index (κ3) is 5.56. The minimum Gasteiger partial charge on any atom is -0.497 e. The lowest BCUT2D eigenvalue weighted by Crippen LogP contribution is -2.57. The molecule has 3 atom stereocenters. The molecule has 0 aliphatic carbocycles. The smallest absolute Gasteiger partial charge is 0.256 e. The fourth-order valence-electron chi connectivity index (χ4n) is 4.66. The van der Waals surface area contributed by atoms with Gasteiger partial charge in [-0.3, -0.25) is 14.6 Å². The van der Waals surface area contributed by atoms with E-state index in [2.05, 4.69) is 10.3 Å². The van der Waals surface area contributed by atoms with Gasteiger partial charge in [0.1, 0.15) is 23.4 Å². The zero-order valence-corrected chi connectivity index (χ0v) is 21.0. The number of benzene rings is 2. The summed E-state index contributed by atoms with van der Waals surface area (Å²) in [6.07, 6.45) is 3.06. The molecule has 37 heavy (non-hydrogen) atoms. The molecule has 0 radical (unpaired) electrons. The number of amides is 2. The van der Waals surface area contributed by atoms with Crippen LogP contribution < -0.4 is 14.8 Å². The molecule has 4 rings (SSSR count).